The van der Waals surface area contributed by atoms with Gasteiger partial charge < -0.3 is 30.9 Å². The van der Waals surface area contributed by atoms with Gasteiger partial charge in [0.25, 0.3) is 0 Å². The number of fused-ring (bicyclic) bond motifs is 1. The molecule has 5 N–H and O–H groups in total. The number of nitrogens with one attached hydrogen (secondary N) is 3. The lowest BCUT2D eigenvalue weighted by atomic mass is 9.90. The van der Waals surface area contributed by atoms with Crippen molar-refractivity contribution in [2.75, 3.05) is 0 Å². The Kier molecular flexibility index (Phi) is 14.1. The van der Waals surface area contributed by atoms with Crippen LogP contribution in [0.2, 0.25) is 0 Å². The molecule has 0 radical (unpaired) electrons. The minimum atomic E-state index is -1.24. The molecule has 2 rings (SSSR count). The van der Waals surface area contributed by atoms with Gasteiger partial charge in [0, 0.05) is 0 Å². The Morgan fingerprint density at radius 2 is 1.34 bits per heavy atom. The molecule has 0 spiro atoms. The van der Waals surface area contributed by atoms with Crippen molar-refractivity contribution < 1.29 is 29.3 Å². The Morgan fingerprint density at radius 1 is 0.795 bits per heavy atom. The zero-order valence-electron chi connectivity index (χ0n) is 28.0. The molecular formula is C35H55N3O6. The van der Waals surface area contributed by atoms with Gasteiger partial charge in [-0.1, -0.05) is 96.8 Å². The van der Waals surface area contributed by atoms with Gasteiger partial charge in [-0.2, -0.15) is 0 Å². The van der Waals surface area contributed by atoms with E-state index in [2.05, 4.69) is 16.0 Å². The van der Waals surface area contributed by atoms with Crippen molar-refractivity contribution in [3.63, 3.8) is 0 Å². The van der Waals surface area contributed by atoms with Crippen LogP contribution in [-0.2, 0) is 20.7 Å². The fraction of sp³-hybridized carbons (Fsp3) is 0.629. The van der Waals surface area contributed by atoms with Gasteiger partial charge in [-0.25, -0.2) is 4.79 Å². The topological polar surface area (TPSA) is 137 Å². The number of benzene rings is 2. The molecule has 0 aliphatic rings. The monoisotopic (exact) mass is 613 g/mol. The minimum absolute atomic E-state index is 0.135. The second kappa shape index (κ2) is 16.8. The Labute approximate surface area is 263 Å². The van der Waals surface area contributed by atoms with Crippen LogP contribution in [0.25, 0.3) is 10.8 Å². The number of aliphatic hydroxyl groups excluding tert-OH is 2. The number of rotatable bonds is 15. The number of hydrogen-bond acceptors (Lipinski definition) is 6. The van der Waals surface area contributed by atoms with Gasteiger partial charge in [0.15, 0.2) is 0 Å². The first-order valence-corrected chi connectivity index (χ1v) is 16.0. The number of ether oxygens (including phenoxy) is 1. The zero-order valence-corrected chi connectivity index (χ0v) is 28.0. The number of alkyl carbamates (subject to hydrolysis) is 1. The normalized spacial score (nSPS) is 16.7. The lowest BCUT2D eigenvalue weighted by Crippen LogP contribution is -2.60. The molecule has 0 bridgehead atoms. The number of carbonyl (C=O) groups is 3. The molecule has 0 aromatic heterocycles. The SMILES string of the molecule is CC[C@@H](C)[C@H](NC(=O)OC(C)(C)C)C(=O)N[C@H](C(=O)N[C@@H](Cc1cccc2ccccc12)[C@@H](O)[C@@H](O)CC(C)C)[C@H](C)CC. The van der Waals surface area contributed by atoms with E-state index in [0.717, 1.165) is 16.3 Å². The summed E-state index contributed by atoms with van der Waals surface area (Å²) >= 11 is 0. The third-order valence-corrected chi connectivity index (χ3v) is 8.13. The quantitative estimate of drug-likeness (QED) is 0.190. The number of amides is 3. The number of aliphatic hydroxyl groups is 2. The first-order valence-electron chi connectivity index (χ1n) is 16.0. The van der Waals surface area contributed by atoms with E-state index in [4.69, 9.17) is 4.74 Å². The summed E-state index contributed by atoms with van der Waals surface area (Å²) in [6.45, 7) is 16.7. The summed E-state index contributed by atoms with van der Waals surface area (Å²) in [5, 5.41) is 32.8. The highest BCUT2D eigenvalue weighted by atomic mass is 16.6. The molecule has 3 amide bonds. The predicted molar refractivity (Wildman–Crippen MR) is 175 cm³/mol. The zero-order chi connectivity index (χ0) is 33.2. The highest BCUT2D eigenvalue weighted by Crippen LogP contribution is 2.23. The molecule has 0 aliphatic carbocycles. The second-order valence-corrected chi connectivity index (χ2v) is 13.5. The molecule has 0 saturated carbocycles. The van der Waals surface area contributed by atoms with E-state index in [-0.39, 0.29) is 24.2 Å². The lowest BCUT2D eigenvalue weighted by molar-refractivity contribution is -0.133. The fourth-order valence-electron chi connectivity index (χ4n) is 5.21. The lowest BCUT2D eigenvalue weighted by Gasteiger charge is -2.33. The number of carbonyl (C=O) groups excluding carboxylic acids is 3. The molecule has 2 aromatic rings. The van der Waals surface area contributed by atoms with Crippen LogP contribution in [0.1, 0.15) is 87.1 Å². The van der Waals surface area contributed by atoms with Crippen molar-refractivity contribution in [1.29, 1.82) is 0 Å². The van der Waals surface area contributed by atoms with Crippen LogP contribution in [0.5, 0.6) is 0 Å². The average molecular weight is 614 g/mol. The van der Waals surface area contributed by atoms with Gasteiger partial charge in [0.05, 0.1) is 12.1 Å². The molecule has 44 heavy (non-hydrogen) atoms. The average Bonchev–Trinajstić information content (AvgIpc) is 2.95. The van der Waals surface area contributed by atoms with E-state index in [0.29, 0.717) is 19.3 Å². The highest BCUT2D eigenvalue weighted by molar-refractivity contribution is 5.92. The van der Waals surface area contributed by atoms with Crippen LogP contribution in [0.4, 0.5) is 4.79 Å². The third-order valence-electron chi connectivity index (χ3n) is 8.13. The van der Waals surface area contributed by atoms with Crippen molar-refractivity contribution in [2.45, 2.75) is 124 Å². The van der Waals surface area contributed by atoms with Crippen molar-refractivity contribution in [1.82, 2.24) is 16.0 Å². The van der Waals surface area contributed by atoms with Gasteiger partial charge in [-0.05, 0) is 67.7 Å². The summed E-state index contributed by atoms with van der Waals surface area (Å²) in [7, 11) is 0. The van der Waals surface area contributed by atoms with Crippen molar-refractivity contribution in [2.24, 2.45) is 17.8 Å². The van der Waals surface area contributed by atoms with E-state index < -0.39 is 53.8 Å². The maximum absolute atomic E-state index is 13.9. The molecule has 246 valence electrons. The molecule has 0 saturated heterocycles. The fourth-order valence-corrected chi connectivity index (χ4v) is 5.21. The number of hydrogen-bond donors (Lipinski definition) is 5. The standard InChI is InChI=1S/C35H55N3O6/c1-10-22(5)29(37-33(42)30(23(6)11-2)38-34(43)44-35(7,8)9)32(41)36-27(31(40)28(39)19-21(3)4)20-25-17-14-16-24-15-12-13-18-26(24)25/h12-18,21-23,27-31,39-40H,10-11,19-20H2,1-9H3,(H,36,41)(H,37,42)(H,38,43)/t22-,23-,27+,28+,29+,30+,31-/m1/s1. The first kappa shape index (κ1) is 37.0. The minimum Gasteiger partial charge on any atom is -0.444 e. The summed E-state index contributed by atoms with van der Waals surface area (Å²) in [5.74, 6) is -1.30. The van der Waals surface area contributed by atoms with Crippen molar-refractivity contribution in [3.8, 4) is 0 Å². The van der Waals surface area contributed by atoms with Crippen molar-refractivity contribution >= 4 is 28.7 Å². The van der Waals surface area contributed by atoms with Gasteiger partial charge in [0.1, 0.15) is 23.8 Å². The van der Waals surface area contributed by atoms with Gasteiger partial charge in [0.2, 0.25) is 11.8 Å². The smallest absolute Gasteiger partial charge is 0.408 e. The summed E-state index contributed by atoms with van der Waals surface area (Å²) < 4.78 is 5.39. The van der Waals surface area contributed by atoms with Gasteiger partial charge in [-0.15, -0.1) is 0 Å². The molecule has 9 heteroatoms. The summed E-state index contributed by atoms with van der Waals surface area (Å²) in [5.41, 5.74) is 0.187. The van der Waals surface area contributed by atoms with E-state index >= 15 is 0 Å². The Hall–Kier alpha value is -3.17. The van der Waals surface area contributed by atoms with E-state index in [1.807, 2.05) is 84.0 Å². The van der Waals surface area contributed by atoms with Crippen LogP contribution in [0.15, 0.2) is 42.5 Å². The Bertz CT molecular complexity index is 1220. The molecule has 7 atom stereocenters. The van der Waals surface area contributed by atoms with Gasteiger partial charge in [-0.3, -0.25) is 9.59 Å². The highest BCUT2D eigenvalue weighted by Gasteiger charge is 2.36. The molecule has 0 fully saturated rings. The van der Waals surface area contributed by atoms with Crippen molar-refractivity contribution in [3.05, 3.63) is 48.0 Å². The molecule has 2 aromatic carbocycles. The van der Waals surface area contributed by atoms with Gasteiger partial charge >= 0.3 is 6.09 Å². The molecule has 0 unspecified atom stereocenters. The van der Waals surface area contributed by atoms with Crippen LogP contribution in [0, 0.1) is 17.8 Å². The molecule has 0 aliphatic heterocycles. The van der Waals surface area contributed by atoms with Crippen LogP contribution >= 0.6 is 0 Å². The largest absolute Gasteiger partial charge is 0.444 e. The van der Waals surface area contributed by atoms with Crippen LogP contribution < -0.4 is 16.0 Å². The summed E-state index contributed by atoms with van der Waals surface area (Å²) in [4.78, 5) is 40.1. The van der Waals surface area contributed by atoms with Crippen LogP contribution in [0.3, 0.4) is 0 Å². The molecule has 0 heterocycles. The molecule has 9 nitrogen and oxygen atoms in total. The Morgan fingerprint density at radius 3 is 1.91 bits per heavy atom. The second-order valence-electron chi connectivity index (χ2n) is 13.5. The first-order chi connectivity index (χ1) is 20.6. The summed E-state index contributed by atoms with van der Waals surface area (Å²) in [6, 6.07) is 11.1. The van der Waals surface area contributed by atoms with E-state index in [1.165, 1.54) is 0 Å². The van der Waals surface area contributed by atoms with E-state index in [1.54, 1.807) is 20.8 Å². The van der Waals surface area contributed by atoms with E-state index in [9.17, 15) is 24.6 Å². The van der Waals surface area contributed by atoms with Crippen LogP contribution in [-0.4, -0.2) is 64.1 Å². The maximum Gasteiger partial charge on any atom is 0.408 e. The molecular weight excluding hydrogens is 558 g/mol. The third kappa shape index (κ3) is 11.1. The summed E-state index contributed by atoms with van der Waals surface area (Å²) in [6.07, 6.45) is -1.16. The Balaban J connectivity index is 2.37. The maximum atomic E-state index is 13.9. The predicted octanol–water partition coefficient (Wildman–Crippen LogP) is 5.11.